The Labute approximate surface area is 186 Å². The number of hydrogen-bond donors (Lipinski definition) is 3. The topological polar surface area (TPSA) is 116 Å². The van der Waals surface area contributed by atoms with Gasteiger partial charge in [-0.25, -0.2) is 4.79 Å². The third kappa shape index (κ3) is 6.41. The van der Waals surface area contributed by atoms with E-state index in [2.05, 4.69) is 5.32 Å². The maximum Gasteiger partial charge on any atom is 0.350 e. The number of methoxy groups -OCH3 is 1. The van der Waals surface area contributed by atoms with Gasteiger partial charge in [-0.3, -0.25) is 0 Å². The van der Waals surface area contributed by atoms with Gasteiger partial charge in [-0.1, -0.05) is 6.07 Å². The first-order valence-electron chi connectivity index (χ1n) is 10.5. The Balaban J connectivity index is 1.39. The van der Waals surface area contributed by atoms with Gasteiger partial charge in [0.2, 0.25) is 6.10 Å². The Bertz CT molecular complexity index is 904. The number of hydrogen-bond acceptors (Lipinski definition) is 9. The van der Waals surface area contributed by atoms with Crippen molar-refractivity contribution in [2.24, 2.45) is 0 Å². The molecule has 1 heterocycles. The first kappa shape index (κ1) is 23.5. The van der Waals surface area contributed by atoms with E-state index in [0.29, 0.717) is 42.7 Å². The largest absolute Gasteiger partial charge is 0.508 e. The van der Waals surface area contributed by atoms with Gasteiger partial charge in [0.05, 0.1) is 13.7 Å². The third-order valence-electron chi connectivity index (χ3n) is 4.77. The predicted molar refractivity (Wildman–Crippen MR) is 116 cm³/mol. The summed E-state index contributed by atoms with van der Waals surface area (Å²) in [5.41, 5.74) is 1.04. The van der Waals surface area contributed by atoms with Crippen molar-refractivity contribution >= 4 is 5.97 Å². The summed E-state index contributed by atoms with van der Waals surface area (Å²) in [5.74, 6) is 1.61. The van der Waals surface area contributed by atoms with E-state index in [-0.39, 0.29) is 19.0 Å². The smallest absolute Gasteiger partial charge is 0.350 e. The summed E-state index contributed by atoms with van der Waals surface area (Å²) in [4.78, 5) is 11.8. The number of carbonyl (C=O) groups excluding carboxylic acids is 1. The minimum absolute atomic E-state index is 0.0781. The van der Waals surface area contributed by atoms with Crippen molar-refractivity contribution in [1.82, 2.24) is 5.32 Å². The zero-order chi connectivity index (χ0) is 22.9. The molecule has 3 rings (SSSR count). The van der Waals surface area contributed by atoms with Gasteiger partial charge in [0.1, 0.15) is 25.1 Å². The molecule has 0 aliphatic carbocycles. The van der Waals surface area contributed by atoms with Gasteiger partial charge in [-0.15, -0.1) is 0 Å². The number of carbonyl (C=O) groups is 1. The molecular formula is C23H29NO8. The van der Waals surface area contributed by atoms with Crippen LogP contribution in [0.3, 0.4) is 0 Å². The number of aliphatic hydroxyl groups excluding tert-OH is 1. The molecule has 0 fully saturated rings. The summed E-state index contributed by atoms with van der Waals surface area (Å²) in [5, 5.41) is 22.8. The minimum Gasteiger partial charge on any atom is -0.508 e. The van der Waals surface area contributed by atoms with Crippen LogP contribution in [0.4, 0.5) is 0 Å². The van der Waals surface area contributed by atoms with E-state index < -0.39 is 18.2 Å². The zero-order valence-electron chi connectivity index (χ0n) is 18.2. The maximum absolute atomic E-state index is 11.8. The molecule has 3 N–H and O–H groups in total. The second-order valence-corrected chi connectivity index (χ2v) is 7.20. The highest BCUT2D eigenvalue weighted by molar-refractivity contribution is 5.76. The summed E-state index contributed by atoms with van der Waals surface area (Å²) >= 11 is 0. The van der Waals surface area contributed by atoms with Crippen molar-refractivity contribution in [1.29, 1.82) is 0 Å². The first-order chi connectivity index (χ1) is 15.5. The summed E-state index contributed by atoms with van der Waals surface area (Å²) in [6.45, 7) is 3.24. The van der Waals surface area contributed by atoms with Gasteiger partial charge < -0.3 is 39.2 Å². The average molecular weight is 447 g/mol. The molecule has 1 aliphatic heterocycles. The number of rotatable bonds is 11. The molecule has 174 valence electrons. The maximum atomic E-state index is 11.8. The first-order valence-corrected chi connectivity index (χ1v) is 10.5. The number of benzene rings is 2. The van der Waals surface area contributed by atoms with E-state index >= 15 is 0 Å². The number of aliphatic hydroxyl groups is 1. The lowest BCUT2D eigenvalue weighted by molar-refractivity contribution is -0.153. The molecule has 32 heavy (non-hydrogen) atoms. The number of ether oxygens (including phenoxy) is 5. The van der Waals surface area contributed by atoms with Crippen LogP contribution in [0.5, 0.6) is 28.7 Å². The Morgan fingerprint density at radius 1 is 1.22 bits per heavy atom. The molecule has 0 spiro atoms. The quantitative estimate of drug-likeness (QED) is 0.349. The second kappa shape index (κ2) is 11.4. The highest BCUT2D eigenvalue weighted by atomic mass is 16.6. The molecule has 0 aromatic heterocycles. The number of esters is 1. The predicted octanol–water partition coefficient (Wildman–Crippen LogP) is 1.68. The zero-order valence-corrected chi connectivity index (χ0v) is 18.2. The normalized spacial score (nSPS) is 15.7. The molecular weight excluding hydrogens is 418 g/mol. The lowest BCUT2D eigenvalue weighted by Gasteiger charge is -2.25. The van der Waals surface area contributed by atoms with Crippen LogP contribution in [-0.4, -0.2) is 68.4 Å². The number of aromatic hydroxyl groups is 1. The summed E-state index contributed by atoms with van der Waals surface area (Å²) in [6.07, 6.45) is -0.745. The fraction of sp³-hybridized carbons (Fsp3) is 0.435. The van der Waals surface area contributed by atoms with Crippen LogP contribution in [0, 0.1) is 0 Å². The molecule has 1 aliphatic rings. The van der Waals surface area contributed by atoms with E-state index in [0.717, 1.165) is 12.0 Å². The van der Waals surface area contributed by atoms with Crippen LogP contribution in [0.25, 0.3) is 0 Å². The number of fused-ring (bicyclic) bond motifs is 1. The van der Waals surface area contributed by atoms with Crippen molar-refractivity contribution in [3.63, 3.8) is 0 Å². The Morgan fingerprint density at radius 3 is 2.84 bits per heavy atom. The molecule has 0 saturated carbocycles. The van der Waals surface area contributed by atoms with Crippen LogP contribution >= 0.6 is 0 Å². The highest BCUT2D eigenvalue weighted by Gasteiger charge is 2.28. The molecule has 0 saturated heterocycles. The lowest BCUT2D eigenvalue weighted by atomic mass is 10.1. The molecule has 0 radical (unpaired) electrons. The van der Waals surface area contributed by atoms with Crippen LogP contribution in [-0.2, 0) is 16.0 Å². The Hall–Kier alpha value is -3.17. The highest BCUT2D eigenvalue weighted by Crippen LogP contribution is 2.33. The van der Waals surface area contributed by atoms with E-state index in [1.807, 2.05) is 12.1 Å². The number of phenolic OH excluding ortho intramolecular Hbond substituents is 1. The van der Waals surface area contributed by atoms with E-state index in [1.54, 1.807) is 19.1 Å². The van der Waals surface area contributed by atoms with Gasteiger partial charge in [0.15, 0.2) is 23.0 Å². The van der Waals surface area contributed by atoms with Gasteiger partial charge in [-0.2, -0.15) is 0 Å². The molecule has 0 amide bonds. The fourth-order valence-corrected chi connectivity index (χ4v) is 3.14. The van der Waals surface area contributed by atoms with Crippen LogP contribution in [0.2, 0.25) is 0 Å². The third-order valence-corrected chi connectivity index (χ3v) is 4.77. The molecule has 9 heteroatoms. The van der Waals surface area contributed by atoms with E-state index in [4.69, 9.17) is 23.7 Å². The Kier molecular flexibility index (Phi) is 8.41. The lowest BCUT2D eigenvalue weighted by Crippen LogP contribution is -2.37. The van der Waals surface area contributed by atoms with Crippen LogP contribution in [0.1, 0.15) is 12.5 Å². The molecule has 1 unspecified atom stereocenters. The van der Waals surface area contributed by atoms with Crippen molar-refractivity contribution < 1.29 is 38.7 Å². The fourth-order valence-electron chi connectivity index (χ4n) is 3.14. The number of phenols is 1. The van der Waals surface area contributed by atoms with Crippen molar-refractivity contribution in [3.8, 4) is 28.7 Å². The van der Waals surface area contributed by atoms with Gasteiger partial charge >= 0.3 is 5.97 Å². The van der Waals surface area contributed by atoms with Crippen molar-refractivity contribution in [2.75, 3.05) is 40.0 Å². The summed E-state index contributed by atoms with van der Waals surface area (Å²) < 4.78 is 27.0. The SMILES string of the molecule is CCOC(=O)C1COc2cc(CCNC[C@H](O)COc3ccc(O)cc3OC)ccc2O1. The van der Waals surface area contributed by atoms with Gasteiger partial charge in [0, 0.05) is 12.6 Å². The van der Waals surface area contributed by atoms with Crippen LogP contribution < -0.4 is 24.3 Å². The minimum atomic E-state index is -0.750. The summed E-state index contributed by atoms with van der Waals surface area (Å²) in [7, 11) is 1.48. The molecule has 2 atom stereocenters. The monoisotopic (exact) mass is 447 g/mol. The molecule has 2 aromatic carbocycles. The van der Waals surface area contributed by atoms with Gasteiger partial charge in [0.25, 0.3) is 0 Å². The summed E-state index contributed by atoms with van der Waals surface area (Å²) in [6, 6.07) is 10.1. The van der Waals surface area contributed by atoms with Crippen LogP contribution in [0.15, 0.2) is 36.4 Å². The average Bonchev–Trinajstić information content (AvgIpc) is 2.80. The second-order valence-electron chi connectivity index (χ2n) is 7.20. The van der Waals surface area contributed by atoms with Gasteiger partial charge in [-0.05, 0) is 49.7 Å². The number of nitrogens with one attached hydrogen (secondary N) is 1. The molecule has 0 bridgehead atoms. The van der Waals surface area contributed by atoms with Crippen molar-refractivity contribution in [2.45, 2.75) is 25.6 Å². The van der Waals surface area contributed by atoms with Crippen molar-refractivity contribution in [3.05, 3.63) is 42.0 Å². The molecule has 9 nitrogen and oxygen atoms in total. The Morgan fingerprint density at radius 2 is 2.06 bits per heavy atom. The standard InChI is InChI=1S/C23H29NO8/c1-3-29-23(27)22-14-31-21-10-15(4-6-19(21)32-22)8-9-24-12-17(26)13-30-18-7-5-16(25)11-20(18)28-2/h4-7,10-11,17,22,24-26H,3,8-9,12-14H2,1-2H3/t17-,22?/m0/s1. The van der Waals surface area contributed by atoms with E-state index in [1.165, 1.54) is 19.2 Å². The molecule has 2 aromatic rings. The van der Waals surface area contributed by atoms with E-state index in [9.17, 15) is 15.0 Å².